The van der Waals surface area contributed by atoms with Gasteiger partial charge in [-0.05, 0) is 81.1 Å². The summed E-state index contributed by atoms with van der Waals surface area (Å²) in [4.78, 5) is 2.17. The SMILES string of the molecule is COc1cccc(CC2CCC(O)(c3cccc(Cl)c3)C(CN(C)C)C2)c1. The van der Waals surface area contributed by atoms with E-state index in [9.17, 15) is 5.11 Å². The Hall–Kier alpha value is -1.55. The van der Waals surface area contributed by atoms with Gasteiger partial charge < -0.3 is 14.7 Å². The molecule has 1 aliphatic rings. The van der Waals surface area contributed by atoms with Gasteiger partial charge >= 0.3 is 0 Å². The number of benzene rings is 2. The van der Waals surface area contributed by atoms with E-state index in [1.165, 1.54) is 5.56 Å². The lowest BCUT2D eigenvalue weighted by Crippen LogP contribution is -2.45. The van der Waals surface area contributed by atoms with Crippen LogP contribution in [0.3, 0.4) is 0 Å². The van der Waals surface area contributed by atoms with Gasteiger partial charge in [0, 0.05) is 17.5 Å². The van der Waals surface area contributed by atoms with Gasteiger partial charge in [0.15, 0.2) is 0 Å². The van der Waals surface area contributed by atoms with Crippen molar-refractivity contribution < 1.29 is 9.84 Å². The van der Waals surface area contributed by atoms with Crippen molar-refractivity contribution in [2.45, 2.75) is 31.3 Å². The highest BCUT2D eigenvalue weighted by Gasteiger charge is 2.43. The third-order valence-electron chi connectivity index (χ3n) is 5.80. The second kappa shape index (κ2) is 8.64. The van der Waals surface area contributed by atoms with Gasteiger partial charge in [0.25, 0.3) is 0 Å². The lowest BCUT2D eigenvalue weighted by Gasteiger charge is -2.44. The van der Waals surface area contributed by atoms with Gasteiger partial charge in [-0.2, -0.15) is 0 Å². The molecule has 0 amide bonds. The van der Waals surface area contributed by atoms with Crippen LogP contribution in [0.25, 0.3) is 0 Å². The fraction of sp³-hybridized carbons (Fsp3) is 0.478. The molecule has 0 aromatic heterocycles. The van der Waals surface area contributed by atoms with Gasteiger partial charge in [-0.15, -0.1) is 0 Å². The summed E-state index contributed by atoms with van der Waals surface area (Å²) in [7, 11) is 5.85. The van der Waals surface area contributed by atoms with E-state index in [0.717, 1.165) is 43.5 Å². The second-order valence-electron chi connectivity index (χ2n) is 8.09. The van der Waals surface area contributed by atoms with E-state index in [1.807, 2.05) is 30.3 Å². The fourth-order valence-electron chi connectivity index (χ4n) is 4.47. The molecule has 0 radical (unpaired) electrons. The van der Waals surface area contributed by atoms with Crippen LogP contribution in [-0.4, -0.2) is 37.8 Å². The number of hydrogen-bond acceptors (Lipinski definition) is 3. The average Bonchev–Trinajstić information content (AvgIpc) is 2.64. The molecule has 3 nitrogen and oxygen atoms in total. The molecule has 4 heteroatoms. The molecule has 1 fully saturated rings. The van der Waals surface area contributed by atoms with Crippen LogP contribution in [0, 0.1) is 11.8 Å². The van der Waals surface area contributed by atoms with E-state index >= 15 is 0 Å². The summed E-state index contributed by atoms with van der Waals surface area (Å²) in [6.07, 6.45) is 3.79. The molecule has 3 rings (SSSR count). The Labute approximate surface area is 167 Å². The Morgan fingerprint density at radius 1 is 1.19 bits per heavy atom. The highest BCUT2D eigenvalue weighted by molar-refractivity contribution is 6.30. The zero-order valence-corrected chi connectivity index (χ0v) is 17.2. The monoisotopic (exact) mass is 387 g/mol. The van der Waals surface area contributed by atoms with Crippen LogP contribution in [0.5, 0.6) is 5.75 Å². The summed E-state index contributed by atoms with van der Waals surface area (Å²) in [6.45, 7) is 0.859. The van der Waals surface area contributed by atoms with Crippen molar-refractivity contribution in [3.63, 3.8) is 0 Å². The molecule has 1 saturated carbocycles. The molecule has 1 N–H and O–H groups in total. The third-order valence-corrected chi connectivity index (χ3v) is 6.03. The van der Waals surface area contributed by atoms with Crippen molar-refractivity contribution in [2.24, 2.45) is 11.8 Å². The Bertz CT molecular complexity index is 764. The largest absolute Gasteiger partial charge is 0.497 e. The zero-order valence-electron chi connectivity index (χ0n) is 16.5. The Balaban J connectivity index is 1.79. The first-order chi connectivity index (χ1) is 12.9. The molecule has 2 aromatic rings. The van der Waals surface area contributed by atoms with Crippen LogP contribution in [-0.2, 0) is 12.0 Å². The third kappa shape index (κ3) is 4.84. The molecule has 0 heterocycles. The van der Waals surface area contributed by atoms with Gasteiger partial charge in [0.2, 0.25) is 0 Å². The Kier molecular flexibility index (Phi) is 6.46. The van der Waals surface area contributed by atoms with Crippen molar-refractivity contribution in [1.82, 2.24) is 4.90 Å². The first-order valence-corrected chi connectivity index (χ1v) is 10.0. The zero-order chi connectivity index (χ0) is 19.4. The summed E-state index contributed by atoms with van der Waals surface area (Å²) in [5.74, 6) is 1.64. The second-order valence-corrected chi connectivity index (χ2v) is 8.53. The normalized spacial score (nSPS) is 25.6. The van der Waals surface area contributed by atoms with Crippen LogP contribution in [0.1, 0.15) is 30.4 Å². The summed E-state index contributed by atoms with van der Waals surface area (Å²) in [6, 6.07) is 16.1. The van der Waals surface area contributed by atoms with Crippen molar-refractivity contribution in [3.05, 3.63) is 64.7 Å². The van der Waals surface area contributed by atoms with Crippen LogP contribution in [0.2, 0.25) is 5.02 Å². The van der Waals surface area contributed by atoms with E-state index in [1.54, 1.807) is 7.11 Å². The number of ether oxygens (including phenoxy) is 1. The van der Waals surface area contributed by atoms with Crippen LogP contribution >= 0.6 is 11.6 Å². The Morgan fingerprint density at radius 3 is 2.67 bits per heavy atom. The number of rotatable bonds is 6. The minimum Gasteiger partial charge on any atom is -0.497 e. The maximum absolute atomic E-state index is 11.6. The van der Waals surface area contributed by atoms with E-state index < -0.39 is 5.60 Å². The van der Waals surface area contributed by atoms with Crippen LogP contribution < -0.4 is 4.74 Å². The first kappa shape index (κ1) is 20.2. The number of aliphatic hydroxyl groups is 1. The smallest absolute Gasteiger partial charge is 0.119 e. The Morgan fingerprint density at radius 2 is 1.96 bits per heavy atom. The molecule has 2 aromatic carbocycles. The minimum absolute atomic E-state index is 0.176. The highest BCUT2D eigenvalue weighted by Crippen LogP contribution is 2.45. The topological polar surface area (TPSA) is 32.7 Å². The molecule has 0 aliphatic heterocycles. The summed E-state index contributed by atoms with van der Waals surface area (Å²) in [5.41, 5.74) is 1.43. The molecule has 27 heavy (non-hydrogen) atoms. The van der Waals surface area contributed by atoms with E-state index in [2.05, 4.69) is 37.2 Å². The number of hydrogen-bond donors (Lipinski definition) is 1. The highest BCUT2D eigenvalue weighted by atomic mass is 35.5. The van der Waals surface area contributed by atoms with Crippen molar-refractivity contribution in [1.29, 1.82) is 0 Å². The quantitative estimate of drug-likeness (QED) is 0.775. The predicted octanol–water partition coefficient (Wildman–Crippen LogP) is 4.76. The number of methoxy groups -OCH3 is 1. The molecule has 146 valence electrons. The average molecular weight is 388 g/mol. The number of nitrogens with zero attached hydrogens (tertiary/aromatic N) is 1. The molecule has 3 unspecified atom stereocenters. The molecule has 1 aliphatic carbocycles. The maximum Gasteiger partial charge on any atom is 0.119 e. The molecule has 0 bridgehead atoms. The van der Waals surface area contributed by atoms with E-state index in [0.29, 0.717) is 10.9 Å². The van der Waals surface area contributed by atoms with Crippen molar-refractivity contribution in [2.75, 3.05) is 27.7 Å². The minimum atomic E-state index is -0.819. The summed E-state index contributed by atoms with van der Waals surface area (Å²) >= 11 is 6.21. The van der Waals surface area contributed by atoms with Crippen LogP contribution in [0.4, 0.5) is 0 Å². The van der Waals surface area contributed by atoms with Gasteiger partial charge in [0.1, 0.15) is 5.75 Å². The standard InChI is InChI=1S/C23H30ClNO2/c1-25(2)16-20-13-18(12-17-6-4-9-22(14-17)27-3)10-11-23(20,26)19-7-5-8-21(24)15-19/h4-9,14-15,18,20,26H,10-13,16H2,1-3H3. The summed E-state index contributed by atoms with van der Waals surface area (Å²) < 4.78 is 5.36. The maximum atomic E-state index is 11.6. The van der Waals surface area contributed by atoms with Crippen molar-refractivity contribution in [3.8, 4) is 5.75 Å². The van der Waals surface area contributed by atoms with Gasteiger partial charge in [-0.25, -0.2) is 0 Å². The fourth-order valence-corrected chi connectivity index (χ4v) is 4.66. The van der Waals surface area contributed by atoms with Gasteiger partial charge in [-0.3, -0.25) is 0 Å². The lowest BCUT2D eigenvalue weighted by molar-refractivity contribution is -0.0752. The summed E-state index contributed by atoms with van der Waals surface area (Å²) in [5, 5.41) is 12.3. The van der Waals surface area contributed by atoms with Gasteiger partial charge in [-0.1, -0.05) is 35.9 Å². The molecule has 0 saturated heterocycles. The van der Waals surface area contributed by atoms with Crippen molar-refractivity contribution >= 4 is 11.6 Å². The van der Waals surface area contributed by atoms with E-state index in [-0.39, 0.29) is 5.92 Å². The molecule has 3 atom stereocenters. The van der Waals surface area contributed by atoms with Crippen LogP contribution in [0.15, 0.2) is 48.5 Å². The molecular weight excluding hydrogens is 358 g/mol. The lowest BCUT2D eigenvalue weighted by atomic mass is 9.66. The van der Waals surface area contributed by atoms with Gasteiger partial charge in [0.05, 0.1) is 12.7 Å². The van der Waals surface area contributed by atoms with E-state index in [4.69, 9.17) is 16.3 Å². The molecule has 0 spiro atoms. The molecular formula is C23H30ClNO2. The first-order valence-electron chi connectivity index (χ1n) is 9.67. The predicted molar refractivity (Wildman–Crippen MR) is 111 cm³/mol. The number of halogens is 1.